The van der Waals surface area contributed by atoms with Crippen molar-refractivity contribution >= 4 is 35.3 Å². The molecule has 18 heteroatoms. The average molecular weight is 1090 g/mol. The fourth-order valence-electron chi connectivity index (χ4n) is 9.94. The number of ketones is 1. The van der Waals surface area contributed by atoms with Crippen LogP contribution >= 0.6 is 0 Å². The summed E-state index contributed by atoms with van der Waals surface area (Å²) in [6.45, 7) is 4.83. The summed E-state index contributed by atoms with van der Waals surface area (Å²) in [6.07, 6.45) is -7.31. The summed E-state index contributed by atoms with van der Waals surface area (Å²) in [6, 6.07) is 29.1. The van der Waals surface area contributed by atoms with Crippen molar-refractivity contribution in [2.24, 2.45) is 11.8 Å². The first-order valence-corrected chi connectivity index (χ1v) is 26.8. The van der Waals surface area contributed by atoms with Crippen LogP contribution in [0.3, 0.4) is 0 Å². The van der Waals surface area contributed by atoms with E-state index >= 15 is 0 Å². The summed E-state index contributed by atoms with van der Waals surface area (Å²) in [5.74, 6) is -0.265. The molecule has 6 rings (SSSR count). The number of nitrogens with zero attached hydrogens (tertiary/aromatic N) is 4. The second kappa shape index (κ2) is 28.1. The molecule has 0 spiro atoms. The number of carbonyl (C=O) groups excluding carboxylic acids is 6. The van der Waals surface area contributed by atoms with E-state index in [1.165, 1.54) is 9.80 Å². The smallest absolute Gasteiger partial charge is 0.344 e. The van der Waals surface area contributed by atoms with Crippen LogP contribution in [0.25, 0.3) is 0 Å². The Labute approximate surface area is 453 Å². The number of alkyl halides is 6. The van der Waals surface area contributed by atoms with Gasteiger partial charge in [0.1, 0.15) is 11.8 Å². The lowest BCUT2D eigenvalue weighted by molar-refractivity contribution is -0.186. The van der Waals surface area contributed by atoms with Crippen molar-refractivity contribution in [2.75, 3.05) is 46.3 Å². The summed E-state index contributed by atoms with van der Waals surface area (Å²) < 4.78 is 83.1. The first-order chi connectivity index (χ1) is 37.1. The molecule has 6 atom stereocenters. The lowest BCUT2D eigenvalue weighted by Crippen LogP contribution is -2.55. The van der Waals surface area contributed by atoms with E-state index < -0.39 is 66.1 Å². The molecule has 418 valence electrons. The van der Waals surface area contributed by atoms with Crippen LogP contribution in [-0.2, 0) is 54.5 Å². The van der Waals surface area contributed by atoms with Gasteiger partial charge < -0.3 is 30.2 Å². The van der Waals surface area contributed by atoms with Gasteiger partial charge in [-0.2, -0.15) is 26.3 Å². The van der Waals surface area contributed by atoms with E-state index in [0.29, 0.717) is 48.8 Å². The fraction of sp³-hybridized carbons (Fsp3) is 0.467. The summed E-state index contributed by atoms with van der Waals surface area (Å²) in [7, 11) is 1.64. The Morgan fingerprint density at radius 1 is 0.615 bits per heavy atom. The maximum Gasteiger partial charge on any atom is 0.471 e. The quantitative estimate of drug-likeness (QED) is 0.0565. The van der Waals surface area contributed by atoms with Gasteiger partial charge in [-0.15, -0.1) is 0 Å². The molecule has 0 radical (unpaired) electrons. The largest absolute Gasteiger partial charge is 0.471 e. The second-order valence-corrected chi connectivity index (χ2v) is 20.4. The Morgan fingerprint density at radius 3 is 1.47 bits per heavy atom. The summed E-state index contributed by atoms with van der Waals surface area (Å²) >= 11 is 0. The maximum atomic E-state index is 14.4. The van der Waals surface area contributed by atoms with E-state index in [4.69, 9.17) is 0 Å². The van der Waals surface area contributed by atoms with Crippen LogP contribution in [0.1, 0.15) is 92.7 Å². The first-order valence-electron chi connectivity index (χ1n) is 26.8. The van der Waals surface area contributed by atoms with Gasteiger partial charge in [0.05, 0.1) is 6.04 Å². The third kappa shape index (κ3) is 17.2. The molecule has 0 unspecified atom stereocenters. The zero-order valence-electron chi connectivity index (χ0n) is 44.7. The summed E-state index contributed by atoms with van der Waals surface area (Å²) in [4.78, 5) is 85.3. The van der Waals surface area contributed by atoms with Gasteiger partial charge >= 0.3 is 24.2 Å². The number of Topliss-reactive ketones (excluding diaryl/α,β-unsaturated/α-hetero) is 1. The predicted octanol–water partition coefficient (Wildman–Crippen LogP) is 8.13. The Morgan fingerprint density at radius 2 is 1.05 bits per heavy atom. The van der Waals surface area contributed by atoms with Gasteiger partial charge in [0, 0.05) is 87.2 Å². The highest BCUT2D eigenvalue weighted by Gasteiger charge is 2.46. The molecule has 2 saturated heterocycles. The van der Waals surface area contributed by atoms with E-state index in [2.05, 4.69) is 22.5 Å². The van der Waals surface area contributed by atoms with Gasteiger partial charge in [-0.25, -0.2) is 0 Å². The fourth-order valence-corrected chi connectivity index (χ4v) is 9.94. The lowest BCUT2D eigenvalue weighted by Gasteiger charge is -2.33. The van der Waals surface area contributed by atoms with Gasteiger partial charge in [0.2, 0.25) is 17.7 Å². The number of rotatable bonds is 23. The van der Waals surface area contributed by atoms with Crippen LogP contribution in [0.2, 0.25) is 0 Å². The van der Waals surface area contributed by atoms with E-state index in [-0.39, 0.29) is 89.0 Å². The van der Waals surface area contributed by atoms with Crippen molar-refractivity contribution in [3.63, 3.8) is 0 Å². The van der Waals surface area contributed by atoms with Crippen LogP contribution in [0.4, 0.5) is 26.3 Å². The number of likely N-dealkylation sites (N-methyl/N-ethyl adjacent to an activating group) is 1. The lowest BCUT2D eigenvalue weighted by atomic mass is 9.90. The van der Waals surface area contributed by atoms with Crippen LogP contribution in [-0.4, -0.2) is 138 Å². The highest BCUT2D eigenvalue weighted by Crippen LogP contribution is 2.29. The Bertz CT molecular complexity index is 2530. The molecule has 0 aromatic heterocycles. The van der Waals surface area contributed by atoms with Crippen LogP contribution in [0.5, 0.6) is 0 Å². The van der Waals surface area contributed by atoms with Crippen LogP contribution in [0.15, 0.2) is 109 Å². The molecule has 2 fully saturated rings. The van der Waals surface area contributed by atoms with Crippen LogP contribution < -0.4 is 10.6 Å². The van der Waals surface area contributed by atoms with E-state index in [9.17, 15) is 55.1 Å². The number of amides is 5. The number of likely N-dealkylation sites (tertiary alicyclic amines) is 2. The molecule has 78 heavy (non-hydrogen) atoms. The molecule has 4 aromatic carbocycles. The van der Waals surface area contributed by atoms with Crippen molar-refractivity contribution in [2.45, 2.75) is 121 Å². The molecule has 0 bridgehead atoms. The van der Waals surface area contributed by atoms with Crippen molar-refractivity contribution in [3.8, 4) is 11.8 Å². The minimum atomic E-state index is -5.10. The molecule has 2 aliphatic heterocycles. The Hall–Kier alpha value is -7.00. The van der Waals surface area contributed by atoms with Gasteiger partial charge in [-0.1, -0.05) is 111 Å². The molecular formula is C60H70F6N6O6. The number of halogens is 6. The third-order valence-corrected chi connectivity index (χ3v) is 14.8. The number of benzene rings is 4. The molecule has 2 aliphatic rings. The van der Waals surface area contributed by atoms with E-state index in [0.717, 1.165) is 26.5 Å². The zero-order valence-corrected chi connectivity index (χ0v) is 44.7. The molecule has 0 aliphatic carbocycles. The number of hydrogen-bond donors (Lipinski definition) is 2. The van der Waals surface area contributed by atoms with Crippen molar-refractivity contribution < 1.29 is 55.1 Å². The zero-order chi connectivity index (χ0) is 56.6. The molecule has 12 nitrogen and oxygen atoms in total. The molecular weight excluding hydrogens is 1010 g/mol. The normalized spacial score (nSPS) is 17.1. The molecule has 5 amide bonds. The summed E-state index contributed by atoms with van der Waals surface area (Å²) in [5.41, 5.74) is 4.25. The molecule has 2 heterocycles. The van der Waals surface area contributed by atoms with Gasteiger partial charge in [0.15, 0.2) is 0 Å². The topological polar surface area (TPSA) is 139 Å². The number of carbonyl (C=O) groups is 6. The second-order valence-electron chi connectivity index (χ2n) is 20.4. The predicted molar refractivity (Wildman–Crippen MR) is 284 cm³/mol. The first kappa shape index (κ1) is 60.2. The highest BCUT2D eigenvalue weighted by atomic mass is 19.4. The van der Waals surface area contributed by atoms with Crippen molar-refractivity contribution in [3.05, 3.63) is 143 Å². The highest BCUT2D eigenvalue weighted by molar-refractivity contribution is 5.91. The van der Waals surface area contributed by atoms with Crippen molar-refractivity contribution in [1.82, 2.24) is 30.2 Å². The molecule has 2 N–H and O–H groups in total. The minimum absolute atomic E-state index is 0.0882. The number of hydrogen-bond acceptors (Lipinski definition) is 7. The van der Waals surface area contributed by atoms with Crippen molar-refractivity contribution in [1.29, 1.82) is 0 Å². The number of nitrogens with one attached hydrogen (secondary N) is 2. The Balaban J connectivity index is 1.13. The maximum absolute atomic E-state index is 14.4. The van der Waals surface area contributed by atoms with Gasteiger partial charge in [-0.3, -0.25) is 28.8 Å². The Kier molecular flexibility index (Phi) is 21.7. The van der Waals surface area contributed by atoms with E-state index in [1.807, 2.05) is 6.92 Å². The standard InChI is InChI=1S/C60H70F6N6O6/c1-5-41(2)54(74)68-52(56(76)72-33-13-19-51(72)40-70(58(78)60(64,65)66)35-31-44-16-10-7-11-17-44)37-48-28-24-46(25-29-48)21-20-45-22-26-47(27-23-45)36-49(38-53(73)42(3)67-4)55(75)71-32-12-18-50(71)39-69(57(77)59(61,62)63)34-30-43-14-8-6-9-15-43/h6-11,14-17,22-29,41-42,49-52,67H,5,12-13,18-19,30-40H2,1-4H3,(H,68,74)/t41-,42+,49-,50+,51+,52+/m1/s1. The van der Waals surface area contributed by atoms with E-state index in [1.54, 1.807) is 130 Å². The molecule has 0 saturated carbocycles. The monoisotopic (exact) mass is 1080 g/mol. The van der Waals surface area contributed by atoms with Gasteiger partial charge in [0.25, 0.3) is 0 Å². The van der Waals surface area contributed by atoms with Gasteiger partial charge in [-0.05, 0) is 112 Å². The minimum Gasteiger partial charge on any atom is -0.344 e. The SMILES string of the molecule is CC[C@@H](C)C(=O)N[C@@H](Cc1ccc(C#Cc2ccc(C[C@H](CC(=O)[C@H](C)NC)C(=O)N3CCC[C@H]3CN(CCc3ccccc3)C(=O)C(F)(F)F)cc2)cc1)C(=O)N1CCC[C@H]1CN(CCc1ccccc1)C(=O)C(F)(F)F. The average Bonchev–Trinajstić information content (AvgIpc) is 4.16. The third-order valence-electron chi connectivity index (χ3n) is 14.8. The van der Waals surface area contributed by atoms with Crippen LogP contribution in [0, 0.1) is 23.7 Å². The molecule has 4 aromatic rings. The summed E-state index contributed by atoms with van der Waals surface area (Å²) in [5, 5.41) is 5.81.